The van der Waals surface area contributed by atoms with Crippen LogP contribution in [0.5, 0.6) is 0 Å². The molecule has 0 bridgehead atoms. The standard InChI is InChI=1S/C16H18N2OS/c1-12-11-20-15(17-12)8-9-16(19)18-10-4-6-13-5-2-3-7-14(13)18/h2-3,5,7,11H,4,6,8-10H2,1H3. The van der Waals surface area contributed by atoms with Gasteiger partial charge in [-0.05, 0) is 31.4 Å². The molecule has 104 valence electrons. The number of aromatic nitrogens is 1. The second kappa shape index (κ2) is 5.75. The second-order valence-corrected chi connectivity index (χ2v) is 6.10. The zero-order valence-electron chi connectivity index (χ0n) is 11.6. The molecule has 3 rings (SSSR count). The van der Waals surface area contributed by atoms with Crippen molar-refractivity contribution in [1.82, 2.24) is 4.98 Å². The Kier molecular flexibility index (Phi) is 3.83. The lowest BCUT2D eigenvalue weighted by Gasteiger charge is -2.29. The normalized spacial score (nSPS) is 14.2. The third-order valence-electron chi connectivity index (χ3n) is 3.63. The van der Waals surface area contributed by atoms with Gasteiger partial charge in [0.1, 0.15) is 0 Å². The van der Waals surface area contributed by atoms with Crippen LogP contribution in [0, 0.1) is 6.92 Å². The molecule has 0 aliphatic carbocycles. The van der Waals surface area contributed by atoms with Crippen molar-refractivity contribution in [1.29, 1.82) is 0 Å². The van der Waals surface area contributed by atoms with Crippen LogP contribution < -0.4 is 4.90 Å². The fraction of sp³-hybridized carbons (Fsp3) is 0.375. The molecule has 1 aliphatic heterocycles. The monoisotopic (exact) mass is 286 g/mol. The van der Waals surface area contributed by atoms with Crippen LogP contribution in [-0.4, -0.2) is 17.4 Å². The Labute approximate surface area is 123 Å². The Bertz CT molecular complexity index is 620. The van der Waals surface area contributed by atoms with Gasteiger partial charge in [0.15, 0.2) is 0 Å². The summed E-state index contributed by atoms with van der Waals surface area (Å²) < 4.78 is 0. The molecule has 0 unspecified atom stereocenters. The minimum atomic E-state index is 0.213. The lowest BCUT2D eigenvalue weighted by atomic mass is 10.0. The van der Waals surface area contributed by atoms with Crippen LogP contribution in [0.4, 0.5) is 5.69 Å². The van der Waals surface area contributed by atoms with E-state index in [0.717, 1.165) is 42.2 Å². The van der Waals surface area contributed by atoms with Crippen molar-refractivity contribution in [3.05, 3.63) is 45.9 Å². The number of carbonyl (C=O) groups excluding carboxylic acids is 1. The number of thiazole rings is 1. The van der Waals surface area contributed by atoms with Gasteiger partial charge in [0.2, 0.25) is 5.91 Å². The van der Waals surface area contributed by atoms with Crippen LogP contribution in [-0.2, 0) is 17.6 Å². The highest BCUT2D eigenvalue weighted by molar-refractivity contribution is 7.09. The molecule has 1 aromatic heterocycles. The van der Waals surface area contributed by atoms with E-state index in [1.165, 1.54) is 5.56 Å². The van der Waals surface area contributed by atoms with Crippen molar-refractivity contribution in [2.45, 2.75) is 32.6 Å². The van der Waals surface area contributed by atoms with Crippen molar-refractivity contribution in [2.24, 2.45) is 0 Å². The second-order valence-electron chi connectivity index (χ2n) is 5.16. The first-order chi connectivity index (χ1) is 9.74. The maximum atomic E-state index is 12.4. The smallest absolute Gasteiger partial charge is 0.227 e. The van der Waals surface area contributed by atoms with Gasteiger partial charge in [0, 0.05) is 36.1 Å². The molecule has 1 amide bonds. The van der Waals surface area contributed by atoms with Crippen molar-refractivity contribution in [3.8, 4) is 0 Å². The summed E-state index contributed by atoms with van der Waals surface area (Å²) in [4.78, 5) is 18.8. The van der Waals surface area contributed by atoms with Crippen LogP contribution in [0.2, 0.25) is 0 Å². The molecule has 0 saturated heterocycles. The number of para-hydroxylation sites is 1. The Morgan fingerprint density at radius 3 is 3.05 bits per heavy atom. The van der Waals surface area contributed by atoms with Crippen molar-refractivity contribution < 1.29 is 4.79 Å². The van der Waals surface area contributed by atoms with E-state index in [1.807, 2.05) is 29.3 Å². The van der Waals surface area contributed by atoms with Crippen molar-refractivity contribution in [3.63, 3.8) is 0 Å². The average molecular weight is 286 g/mol. The van der Waals surface area contributed by atoms with Gasteiger partial charge in [0.05, 0.1) is 5.01 Å². The third-order valence-corrected chi connectivity index (χ3v) is 4.66. The predicted octanol–water partition coefficient (Wildman–Crippen LogP) is 3.36. The largest absolute Gasteiger partial charge is 0.312 e. The lowest BCUT2D eigenvalue weighted by Crippen LogP contribution is -2.35. The van der Waals surface area contributed by atoms with Crippen LogP contribution in [0.3, 0.4) is 0 Å². The van der Waals surface area contributed by atoms with Gasteiger partial charge in [-0.15, -0.1) is 11.3 Å². The molecule has 0 spiro atoms. The highest BCUT2D eigenvalue weighted by Crippen LogP contribution is 2.27. The van der Waals surface area contributed by atoms with Gasteiger partial charge < -0.3 is 4.90 Å². The molecule has 0 N–H and O–H groups in total. The quantitative estimate of drug-likeness (QED) is 0.867. The number of amides is 1. The highest BCUT2D eigenvalue weighted by atomic mass is 32.1. The Morgan fingerprint density at radius 2 is 2.25 bits per heavy atom. The summed E-state index contributed by atoms with van der Waals surface area (Å²) in [5, 5.41) is 3.09. The van der Waals surface area contributed by atoms with Crippen LogP contribution in [0.15, 0.2) is 29.6 Å². The zero-order chi connectivity index (χ0) is 13.9. The number of rotatable bonds is 3. The minimum Gasteiger partial charge on any atom is -0.312 e. The number of benzene rings is 1. The molecule has 3 nitrogen and oxygen atoms in total. The highest BCUT2D eigenvalue weighted by Gasteiger charge is 2.21. The van der Waals surface area contributed by atoms with Crippen LogP contribution in [0.1, 0.15) is 29.1 Å². The molecule has 2 heterocycles. The lowest BCUT2D eigenvalue weighted by molar-refractivity contribution is -0.118. The molecule has 0 radical (unpaired) electrons. The van der Waals surface area contributed by atoms with Crippen molar-refractivity contribution in [2.75, 3.05) is 11.4 Å². The average Bonchev–Trinajstić information content (AvgIpc) is 2.90. The van der Waals surface area contributed by atoms with E-state index >= 15 is 0 Å². The molecule has 4 heteroatoms. The number of nitrogens with zero attached hydrogens (tertiary/aromatic N) is 2. The number of aryl methyl sites for hydroxylation is 3. The minimum absolute atomic E-state index is 0.213. The van der Waals surface area contributed by atoms with Gasteiger partial charge in [-0.1, -0.05) is 18.2 Å². The summed E-state index contributed by atoms with van der Waals surface area (Å²) in [5.41, 5.74) is 3.43. The summed E-state index contributed by atoms with van der Waals surface area (Å²) in [6, 6.07) is 8.23. The molecule has 0 saturated carbocycles. The topological polar surface area (TPSA) is 33.2 Å². The number of carbonyl (C=O) groups is 1. The number of fused-ring (bicyclic) bond motifs is 1. The zero-order valence-corrected chi connectivity index (χ0v) is 12.4. The summed E-state index contributed by atoms with van der Waals surface area (Å²) in [5.74, 6) is 0.213. The fourth-order valence-corrected chi connectivity index (χ4v) is 3.43. The van der Waals surface area contributed by atoms with E-state index in [9.17, 15) is 4.79 Å². The third kappa shape index (κ3) is 2.75. The summed E-state index contributed by atoms with van der Waals surface area (Å²) >= 11 is 1.64. The molecule has 2 aromatic rings. The molecular weight excluding hydrogens is 268 g/mol. The van der Waals surface area contributed by atoms with Crippen molar-refractivity contribution >= 4 is 22.9 Å². The predicted molar refractivity (Wildman–Crippen MR) is 82.3 cm³/mol. The van der Waals surface area contributed by atoms with Crippen LogP contribution >= 0.6 is 11.3 Å². The van der Waals surface area contributed by atoms with E-state index in [1.54, 1.807) is 11.3 Å². The maximum Gasteiger partial charge on any atom is 0.227 e. The first kappa shape index (κ1) is 13.3. The summed E-state index contributed by atoms with van der Waals surface area (Å²) in [6.45, 7) is 2.83. The van der Waals surface area contributed by atoms with Crippen LogP contribution in [0.25, 0.3) is 0 Å². The van der Waals surface area contributed by atoms with E-state index < -0.39 is 0 Å². The van der Waals surface area contributed by atoms with E-state index in [0.29, 0.717) is 6.42 Å². The molecular formula is C16H18N2OS. The van der Waals surface area contributed by atoms with Gasteiger partial charge in [0.25, 0.3) is 0 Å². The van der Waals surface area contributed by atoms with E-state index in [4.69, 9.17) is 0 Å². The maximum absolute atomic E-state index is 12.4. The molecule has 0 fully saturated rings. The van der Waals surface area contributed by atoms with Gasteiger partial charge in [-0.25, -0.2) is 4.98 Å². The first-order valence-corrected chi connectivity index (χ1v) is 7.91. The molecule has 1 aromatic carbocycles. The summed E-state index contributed by atoms with van der Waals surface area (Å²) in [6.07, 6.45) is 3.42. The van der Waals surface area contributed by atoms with E-state index in [2.05, 4.69) is 17.1 Å². The van der Waals surface area contributed by atoms with E-state index in [-0.39, 0.29) is 5.91 Å². The summed E-state index contributed by atoms with van der Waals surface area (Å²) in [7, 11) is 0. The Hall–Kier alpha value is -1.68. The van der Waals surface area contributed by atoms with Gasteiger partial charge in [-0.2, -0.15) is 0 Å². The van der Waals surface area contributed by atoms with Gasteiger partial charge >= 0.3 is 0 Å². The number of hydrogen-bond donors (Lipinski definition) is 0. The molecule has 0 atom stereocenters. The molecule has 1 aliphatic rings. The number of anilines is 1. The Balaban J connectivity index is 1.69. The fourth-order valence-electron chi connectivity index (χ4n) is 2.66. The SMILES string of the molecule is Cc1csc(CCC(=O)N2CCCc3ccccc32)n1. The number of hydrogen-bond acceptors (Lipinski definition) is 3. The Morgan fingerprint density at radius 1 is 1.40 bits per heavy atom. The first-order valence-electron chi connectivity index (χ1n) is 7.03. The molecule has 20 heavy (non-hydrogen) atoms. The van der Waals surface area contributed by atoms with Gasteiger partial charge in [-0.3, -0.25) is 4.79 Å².